The Morgan fingerprint density at radius 3 is 2.47 bits per heavy atom. The first-order chi connectivity index (χ1) is 14.3. The van der Waals surface area contributed by atoms with Crippen LogP contribution in [0.25, 0.3) is 11.0 Å². The Balaban J connectivity index is 1.48. The van der Waals surface area contributed by atoms with Crippen LogP contribution in [0.2, 0.25) is 0 Å². The molecule has 0 saturated heterocycles. The quantitative estimate of drug-likeness (QED) is 0.441. The zero-order chi connectivity index (χ0) is 21.7. The van der Waals surface area contributed by atoms with Gasteiger partial charge in [-0.2, -0.15) is 0 Å². The molecule has 3 aromatic rings. The van der Waals surface area contributed by atoms with E-state index in [9.17, 15) is 14.4 Å². The maximum atomic E-state index is 12.2. The first-order valence-corrected chi connectivity index (χ1v) is 9.44. The average Bonchev–Trinajstić information content (AvgIpc) is 2.71. The Labute approximate surface area is 173 Å². The SMILES string of the molecule is Cc1ccc(CN(C)C(=O)COC(=O)COc2ccc3c(C)cc(=O)oc3c2)cc1. The fraction of sp³-hybridized carbons (Fsp3) is 0.261. The fourth-order valence-corrected chi connectivity index (χ4v) is 2.89. The van der Waals surface area contributed by atoms with Crippen molar-refractivity contribution in [2.75, 3.05) is 20.3 Å². The topological polar surface area (TPSA) is 86.0 Å². The lowest BCUT2D eigenvalue weighted by Gasteiger charge is -2.17. The van der Waals surface area contributed by atoms with E-state index in [0.717, 1.165) is 22.1 Å². The molecule has 0 atom stereocenters. The van der Waals surface area contributed by atoms with E-state index < -0.39 is 11.6 Å². The van der Waals surface area contributed by atoms with Crippen molar-refractivity contribution in [3.63, 3.8) is 0 Å². The number of rotatable bonds is 7. The second kappa shape index (κ2) is 9.26. The first-order valence-electron chi connectivity index (χ1n) is 9.44. The van der Waals surface area contributed by atoms with Gasteiger partial charge in [0.2, 0.25) is 0 Å². The third-order valence-electron chi connectivity index (χ3n) is 4.60. The highest BCUT2D eigenvalue weighted by molar-refractivity contribution is 5.82. The molecule has 2 aromatic carbocycles. The number of nitrogens with zero attached hydrogens (tertiary/aromatic N) is 1. The van der Waals surface area contributed by atoms with Gasteiger partial charge in [0, 0.05) is 31.1 Å². The average molecular weight is 409 g/mol. The lowest BCUT2D eigenvalue weighted by molar-refractivity contribution is -0.153. The zero-order valence-electron chi connectivity index (χ0n) is 17.1. The predicted octanol–water partition coefficient (Wildman–Crippen LogP) is 2.99. The summed E-state index contributed by atoms with van der Waals surface area (Å²) >= 11 is 0. The number of hydrogen-bond acceptors (Lipinski definition) is 6. The van der Waals surface area contributed by atoms with E-state index in [1.165, 1.54) is 17.0 Å². The summed E-state index contributed by atoms with van der Waals surface area (Å²) in [4.78, 5) is 37.1. The largest absolute Gasteiger partial charge is 0.482 e. The van der Waals surface area contributed by atoms with Crippen LogP contribution in [0.5, 0.6) is 5.75 Å². The third kappa shape index (κ3) is 5.47. The molecule has 1 heterocycles. The minimum atomic E-state index is -0.669. The third-order valence-corrected chi connectivity index (χ3v) is 4.60. The molecule has 0 saturated carbocycles. The summed E-state index contributed by atoms with van der Waals surface area (Å²) in [5.74, 6) is -0.624. The monoisotopic (exact) mass is 409 g/mol. The smallest absolute Gasteiger partial charge is 0.344 e. The van der Waals surface area contributed by atoms with E-state index in [1.54, 1.807) is 19.2 Å². The van der Waals surface area contributed by atoms with E-state index >= 15 is 0 Å². The number of esters is 1. The van der Waals surface area contributed by atoms with Crippen molar-refractivity contribution in [2.24, 2.45) is 0 Å². The zero-order valence-corrected chi connectivity index (χ0v) is 17.1. The number of fused-ring (bicyclic) bond motifs is 1. The van der Waals surface area contributed by atoms with E-state index in [1.807, 2.05) is 38.1 Å². The minimum Gasteiger partial charge on any atom is -0.482 e. The normalized spacial score (nSPS) is 10.6. The number of carbonyl (C=O) groups is 2. The van der Waals surface area contributed by atoms with E-state index in [-0.39, 0.29) is 19.1 Å². The van der Waals surface area contributed by atoms with Crippen LogP contribution in [0, 0.1) is 13.8 Å². The van der Waals surface area contributed by atoms with Gasteiger partial charge in [0.1, 0.15) is 11.3 Å². The van der Waals surface area contributed by atoms with Gasteiger partial charge < -0.3 is 18.8 Å². The van der Waals surface area contributed by atoms with Crippen molar-refractivity contribution in [2.45, 2.75) is 20.4 Å². The number of benzene rings is 2. The highest BCUT2D eigenvalue weighted by atomic mass is 16.6. The summed E-state index contributed by atoms with van der Waals surface area (Å²) in [6.45, 7) is 3.50. The molecule has 0 N–H and O–H groups in total. The number of ether oxygens (including phenoxy) is 2. The van der Waals surface area contributed by atoms with E-state index in [2.05, 4.69) is 0 Å². The molecule has 0 aliphatic rings. The van der Waals surface area contributed by atoms with Gasteiger partial charge in [-0.25, -0.2) is 9.59 Å². The van der Waals surface area contributed by atoms with Crippen LogP contribution in [-0.2, 0) is 20.9 Å². The molecule has 0 radical (unpaired) electrons. The molecule has 0 unspecified atom stereocenters. The Hall–Kier alpha value is -3.61. The van der Waals surface area contributed by atoms with Crippen LogP contribution in [0.15, 0.2) is 57.7 Å². The van der Waals surface area contributed by atoms with Gasteiger partial charge in [-0.15, -0.1) is 0 Å². The second-order valence-corrected chi connectivity index (χ2v) is 7.09. The van der Waals surface area contributed by atoms with Crippen LogP contribution in [0.3, 0.4) is 0 Å². The number of likely N-dealkylation sites (N-methyl/N-ethyl adjacent to an activating group) is 1. The number of hydrogen-bond donors (Lipinski definition) is 0. The van der Waals surface area contributed by atoms with Gasteiger partial charge in [0.05, 0.1) is 0 Å². The van der Waals surface area contributed by atoms with Gasteiger partial charge in [-0.05, 0) is 37.1 Å². The summed E-state index contributed by atoms with van der Waals surface area (Å²) in [5, 5.41) is 0.784. The molecule has 0 fully saturated rings. The van der Waals surface area contributed by atoms with Gasteiger partial charge in [-0.1, -0.05) is 29.8 Å². The molecule has 0 spiro atoms. The molecule has 30 heavy (non-hydrogen) atoms. The predicted molar refractivity (Wildman–Crippen MR) is 111 cm³/mol. The molecular formula is C23H23NO6. The van der Waals surface area contributed by atoms with Crippen LogP contribution >= 0.6 is 0 Å². The first kappa shape index (κ1) is 21.1. The molecule has 1 amide bonds. The van der Waals surface area contributed by atoms with Crippen molar-refractivity contribution in [3.05, 3.63) is 75.6 Å². The molecule has 0 bridgehead atoms. The second-order valence-electron chi connectivity index (χ2n) is 7.09. The lowest BCUT2D eigenvalue weighted by atomic mass is 10.1. The maximum absolute atomic E-state index is 12.2. The molecule has 0 aliphatic carbocycles. The van der Waals surface area contributed by atoms with Crippen LogP contribution in [0.4, 0.5) is 0 Å². The summed E-state index contributed by atoms with van der Waals surface area (Å²) in [6, 6.07) is 14.2. The Morgan fingerprint density at radius 2 is 1.73 bits per heavy atom. The fourth-order valence-electron chi connectivity index (χ4n) is 2.89. The van der Waals surface area contributed by atoms with Gasteiger partial charge >= 0.3 is 11.6 Å². The molecule has 7 heteroatoms. The summed E-state index contributed by atoms with van der Waals surface area (Å²) in [6.07, 6.45) is 0. The van der Waals surface area contributed by atoms with Gasteiger partial charge in [0.25, 0.3) is 5.91 Å². The Kier molecular flexibility index (Phi) is 6.51. The van der Waals surface area contributed by atoms with Gasteiger partial charge in [-0.3, -0.25) is 4.79 Å². The standard InChI is InChI=1S/C23H23NO6/c1-15-4-6-17(7-5-15)12-24(3)21(25)13-29-23(27)14-28-18-8-9-19-16(2)10-22(26)30-20(19)11-18/h4-11H,12-14H2,1-3H3. The molecule has 3 rings (SSSR count). The number of amides is 1. The van der Waals surface area contributed by atoms with Crippen LogP contribution in [-0.4, -0.2) is 37.0 Å². The van der Waals surface area contributed by atoms with Crippen LogP contribution < -0.4 is 10.4 Å². The molecule has 1 aromatic heterocycles. The highest BCUT2D eigenvalue weighted by Crippen LogP contribution is 2.22. The van der Waals surface area contributed by atoms with Gasteiger partial charge in [0.15, 0.2) is 13.2 Å². The van der Waals surface area contributed by atoms with Crippen molar-refractivity contribution in [3.8, 4) is 5.75 Å². The minimum absolute atomic E-state index is 0.313. The van der Waals surface area contributed by atoms with Crippen molar-refractivity contribution in [1.82, 2.24) is 4.90 Å². The summed E-state index contributed by atoms with van der Waals surface area (Å²) in [5.41, 5.74) is 2.85. The van der Waals surface area contributed by atoms with Crippen molar-refractivity contribution in [1.29, 1.82) is 0 Å². The summed E-state index contributed by atoms with van der Waals surface area (Å²) < 4.78 is 15.5. The van der Waals surface area contributed by atoms with Crippen LogP contribution in [0.1, 0.15) is 16.7 Å². The van der Waals surface area contributed by atoms with E-state index in [0.29, 0.717) is 17.9 Å². The Morgan fingerprint density at radius 1 is 1.00 bits per heavy atom. The van der Waals surface area contributed by atoms with E-state index in [4.69, 9.17) is 13.9 Å². The molecule has 7 nitrogen and oxygen atoms in total. The molecular weight excluding hydrogens is 386 g/mol. The molecule has 0 aliphatic heterocycles. The lowest BCUT2D eigenvalue weighted by Crippen LogP contribution is -2.31. The number of aryl methyl sites for hydroxylation is 2. The van der Waals surface area contributed by atoms with Crippen molar-refractivity contribution < 1.29 is 23.5 Å². The Bertz CT molecular complexity index is 1120. The van der Waals surface area contributed by atoms with Crippen molar-refractivity contribution >= 4 is 22.8 Å². The highest BCUT2D eigenvalue weighted by Gasteiger charge is 2.13. The summed E-state index contributed by atoms with van der Waals surface area (Å²) in [7, 11) is 1.65. The maximum Gasteiger partial charge on any atom is 0.344 e. The number of carbonyl (C=O) groups excluding carboxylic acids is 2. The molecule has 156 valence electrons.